The van der Waals surface area contributed by atoms with Crippen molar-refractivity contribution in [1.82, 2.24) is 0 Å². The van der Waals surface area contributed by atoms with Gasteiger partial charge in [-0.1, -0.05) is 73.2 Å². The van der Waals surface area contributed by atoms with Crippen molar-refractivity contribution in [3.8, 4) is 11.5 Å². The fourth-order valence-corrected chi connectivity index (χ4v) is 6.08. The van der Waals surface area contributed by atoms with Gasteiger partial charge < -0.3 is 9.16 Å². The second-order valence-electron chi connectivity index (χ2n) is 6.63. The Morgan fingerprint density at radius 2 is 1.19 bits per heavy atom. The van der Waals surface area contributed by atoms with Crippen LogP contribution in [-0.4, -0.2) is 14.9 Å². The summed E-state index contributed by atoms with van der Waals surface area (Å²) in [6, 6.07) is 31.6. The molecule has 1 atom stereocenters. The maximum atomic E-state index is 5.99. The van der Waals surface area contributed by atoms with E-state index in [-0.39, 0.29) is 0 Å². The fraction of sp³-hybridized carbons (Fsp3) is 0.217. The highest BCUT2D eigenvalue weighted by Crippen LogP contribution is 2.21. The lowest BCUT2D eigenvalue weighted by Gasteiger charge is -2.31. The van der Waals surface area contributed by atoms with Crippen molar-refractivity contribution in [1.29, 1.82) is 0 Å². The summed E-state index contributed by atoms with van der Waals surface area (Å²) in [4.78, 5) is 0. The molecule has 0 bridgehead atoms. The smallest absolute Gasteiger partial charge is 0.221 e. The summed E-state index contributed by atoms with van der Waals surface area (Å²) in [5.74, 6) is 1.74. The lowest BCUT2D eigenvalue weighted by atomic mass is 10.3. The van der Waals surface area contributed by atoms with Gasteiger partial charge in [-0.05, 0) is 48.5 Å². The van der Waals surface area contributed by atoms with Crippen LogP contribution in [0.1, 0.15) is 12.8 Å². The van der Waals surface area contributed by atoms with Crippen LogP contribution in [0.2, 0.25) is 12.6 Å². The zero-order chi connectivity index (χ0) is 18.1. The molecule has 1 heterocycles. The van der Waals surface area contributed by atoms with Gasteiger partial charge >= 0.3 is 0 Å². The molecule has 0 spiro atoms. The van der Waals surface area contributed by atoms with E-state index in [0.717, 1.165) is 18.1 Å². The van der Waals surface area contributed by atoms with E-state index in [9.17, 15) is 0 Å². The third kappa shape index (κ3) is 5.32. The standard InChI is InChI=1S/C12H10O.C11H16OSi/c1-3-7-11(8-4-1)13-12-9-5-2-6-10-12;1-13(10-6-5-9-12-13)11-7-3-2-4-8-11/h1-10H;2-4,7-8H,5-6,9-10H2,1H3. The maximum absolute atomic E-state index is 5.99. The van der Waals surface area contributed by atoms with Crippen molar-refractivity contribution >= 4 is 13.5 Å². The largest absolute Gasteiger partial charge is 0.457 e. The average Bonchev–Trinajstić information content (AvgIpc) is 2.71. The highest BCUT2D eigenvalue weighted by molar-refractivity contribution is 6.85. The highest BCUT2D eigenvalue weighted by Gasteiger charge is 2.33. The Labute approximate surface area is 157 Å². The molecular formula is C23H26O2Si. The Balaban J connectivity index is 0.000000151. The first kappa shape index (κ1) is 18.4. The Hall–Kier alpha value is -2.36. The van der Waals surface area contributed by atoms with Gasteiger partial charge in [-0.15, -0.1) is 0 Å². The summed E-state index contributed by atoms with van der Waals surface area (Å²) in [5.41, 5.74) is 0. The molecule has 0 radical (unpaired) electrons. The monoisotopic (exact) mass is 362 g/mol. The molecule has 1 aliphatic heterocycles. The van der Waals surface area contributed by atoms with Crippen molar-refractivity contribution < 1.29 is 9.16 Å². The summed E-state index contributed by atoms with van der Waals surface area (Å²) in [6.45, 7) is 3.30. The molecule has 0 amide bonds. The lowest BCUT2D eigenvalue weighted by molar-refractivity contribution is 0.279. The van der Waals surface area contributed by atoms with Crippen molar-refractivity contribution in [2.75, 3.05) is 6.61 Å². The van der Waals surface area contributed by atoms with Crippen LogP contribution >= 0.6 is 0 Å². The molecule has 3 heteroatoms. The molecule has 0 saturated carbocycles. The van der Waals surface area contributed by atoms with E-state index >= 15 is 0 Å². The van der Waals surface area contributed by atoms with E-state index in [1.807, 2.05) is 60.7 Å². The first-order valence-corrected chi connectivity index (χ1v) is 11.9. The van der Waals surface area contributed by atoms with Gasteiger partial charge in [0.2, 0.25) is 8.32 Å². The van der Waals surface area contributed by atoms with Crippen LogP contribution in [0.4, 0.5) is 0 Å². The predicted octanol–water partition coefficient (Wildman–Crippen LogP) is 5.76. The van der Waals surface area contributed by atoms with Gasteiger partial charge in [-0.25, -0.2) is 0 Å². The number of benzene rings is 3. The van der Waals surface area contributed by atoms with E-state index in [2.05, 4.69) is 36.9 Å². The Morgan fingerprint density at radius 3 is 1.65 bits per heavy atom. The molecule has 4 rings (SSSR count). The van der Waals surface area contributed by atoms with Crippen LogP contribution in [0.5, 0.6) is 11.5 Å². The molecule has 134 valence electrons. The normalized spacial score (nSPS) is 19.1. The molecule has 0 N–H and O–H groups in total. The Bertz CT molecular complexity index is 716. The fourth-order valence-electron chi connectivity index (χ4n) is 3.07. The van der Waals surface area contributed by atoms with Crippen molar-refractivity contribution in [2.45, 2.75) is 25.4 Å². The first-order chi connectivity index (χ1) is 12.8. The highest BCUT2D eigenvalue weighted by atomic mass is 28.4. The van der Waals surface area contributed by atoms with Gasteiger partial charge in [0.1, 0.15) is 11.5 Å². The second kappa shape index (κ2) is 9.37. The van der Waals surface area contributed by atoms with Crippen LogP contribution in [0.25, 0.3) is 0 Å². The minimum atomic E-state index is -1.51. The summed E-state index contributed by atoms with van der Waals surface area (Å²) < 4.78 is 11.6. The molecule has 3 aromatic carbocycles. The molecule has 1 unspecified atom stereocenters. The van der Waals surface area contributed by atoms with Crippen LogP contribution < -0.4 is 9.92 Å². The minimum Gasteiger partial charge on any atom is -0.457 e. The van der Waals surface area contributed by atoms with Crippen molar-refractivity contribution in [2.24, 2.45) is 0 Å². The Morgan fingerprint density at radius 1 is 0.692 bits per heavy atom. The van der Waals surface area contributed by atoms with Gasteiger partial charge in [-0.2, -0.15) is 0 Å². The third-order valence-electron chi connectivity index (χ3n) is 4.58. The SMILES string of the molecule is C[Si]1(c2ccccc2)CCCCO1.c1ccc(Oc2ccccc2)cc1. The van der Waals surface area contributed by atoms with E-state index in [1.54, 1.807) is 0 Å². The van der Waals surface area contributed by atoms with E-state index in [4.69, 9.17) is 9.16 Å². The number of hydrogen-bond donors (Lipinski definition) is 0. The van der Waals surface area contributed by atoms with Gasteiger partial charge in [-0.3, -0.25) is 0 Å². The zero-order valence-corrected chi connectivity index (χ0v) is 16.3. The van der Waals surface area contributed by atoms with Crippen LogP contribution in [-0.2, 0) is 4.43 Å². The third-order valence-corrected chi connectivity index (χ3v) is 8.28. The minimum absolute atomic E-state index is 0.869. The number of ether oxygens (including phenoxy) is 1. The van der Waals surface area contributed by atoms with Crippen LogP contribution in [0, 0.1) is 0 Å². The second-order valence-corrected chi connectivity index (χ2v) is 10.5. The summed E-state index contributed by atoms with van der Waals surface area (Å²) in [7, 11) is -1.51. The van der Waals surface area contributed by atoms with E-state index < -0.39 is 8.32 Å². The summed E-state index contributed by atoms with van der Waals surface area (Å²) in [5, 5.41) is 1.45. The molecule has 0 aliphatic carbocycles. The van der Waals surface area contributed by atoms with Crippen molar-refractivity contribution in [3.05, 3.63) is 91.0 Å². The predicted molar refractivity (Wildman–Crippen MR) is 111 cm³/mol. The molecular weight excluding hydrogens is 336 g/mol. The number of rotatable bonds is 3. The zero-order valence-electron chi connectivity index (χ0n) is 15.3. The summed E-state index contributed by atoms with van der Waals surface area (Å²) >= 11 is 0. The average molecular weight is 363 g/mol. The summed E-state index contributed by atoms with van der Waals surface area (Å²) in [6.07, 6.45) is 2.59. The van der Waals surface area contributed by atoms with E-state index in [0.29, 0.717) is 0 Å². The van der Waals surface area contributed by atoms with Crippen LogP contribution in [0.3, 0.4) is 0 Å². The van der Waals surface area contributed by atoms with E-state index in [1.165, 1.54) is 24.1 Å². The number of hydrogen-bond acceptors (Lipinski definition) is 2. The molecule has 26 heavy (non-hydrogen) atoms. The quantitative estimate of drug-likeness (QED) is 0.552. The molecule has 2 nitrogen and oxygen atoms in total. The van der Waals surface area contributed by atoms with Gasteiger partial charge in [0, 0.05) is 6.61 Å². The van der Waals surface area contributed by atoms with Gasteiger partial charge in [0.15, 0.2) is 0 Å². The Kier molecular flexibility index (Phi) is 6.64. The first-order valence-electron chi connectivity index (χ1n) is 9.24. The molecule has 1 aliphatic rings. The molecule has 1 fully saturated rings. The molecule has 3 aromatic rings. The molecule has 1 saturated heterocycles. The maximum Gasteiger partial charge on any atom is 0.221 e. The lowest BCUT2D eigenvalue weighted by Crippen LogP contribution is -2.49. The van der Waals surface area contributed by atoms with Gasteiger partial charge in [0.05, 0.1) is 0 Å². The van der Waals surface area contributed by atoms with Crippen molar-refractivity contribution in [3.63, 3.8) is 0 Å². The topological polar surface area (TPSA) is 18.5 Å². The molecule has 0 aromatic heterocycles. The number of para-hydroxylation sites is 2. The van der Waals surface area contributed by atoms with Gasteiger partial charge in [0.25, 0.3) is 0 Å². The van der Waals surface area contributed by atoms with Crippen LogP contribution in [0.15, 0.2) is 91.0 Å².